The lowest BCUT2D eigenvalue weighted by molar-refractivity contribution is -0.123. The molecule has 0 aromatic carbocycles. The predicted octanol–water partition coefficient (Wildman–Crippen LogP) is 1.41. The van der Waals surface area contributed by atoms with E-state index in [4.69, 9.17) is 11.6 Å². The van der Waals surface area contributed by atoms with Crippen LogP contribution in [-0.4, -0.2) is 16.9 Å². The summed E-state index contributed by atoms with van der Waals surface area (Å²) in [6.45, 7) is 0. The summed E-state index contributed by atoms with van der Waals surface area (Å²) in [6, 6.07) is 4.18. The van der Waals surface area contributed by atoms with E-state index in [1.807, 2.05) is 6.07 Å². The molecule has 3 atom stereocenters. The monoisotopic (exact) mass is 222 g/mol. The van der Waals surface area contributed by atoms with Crippen LogP contribution in [0, 0.1) is 11.8 Å². The molecule has 4 heteroatoms. The third-order valence-electron chi connectivity index (χ3n) is 3.27. The number of carbonyl (C=O) groups is 1. The molecule has 2 aliphatic rings. The second kappa shape index (κ2) is 3.20. The van der Waals surface area contributed by atoms with Crippen molar-refractivity contribution >= 4 is 17.5 Å². The summed E-state index contributed by atoms with van der Waals surface area (Å²) < 4.78 is 0. The maximum Gasteiger partial charge on any atom is 0.224 e. The van der Waals surface area contributed by atoms with Crippen molar-refractivity contribution in [3.63, 3.8) is 0 Å². The van der Waals surface area contributed by atoms with Gasteiger partial charge in [0.25, 0.3) is 0 Å². The first kappa shape index (κ1) is 9.16. The van der Waals surface area contributed by atoms with Gasteiger partial charge in [0.05, 0.1) is 0 Å². The Kier molecular flexibility index (Phi) is 1.96. The molecule has 0 radical (unpaired) electrons. The first-order valence-electron chi connectivity index (χ1n) is 5.15. The summed E-state index contributed by atoms with van der Waals surface area (Å²) in [6.07, 6.45) is 3.69. The number of fused-ring (bicyclic) bond motifs is 1. The molecule has 1 aromatic heterocycles. The van der Waals surface area contributed by atoms with Gasteiger partial charge in [-0.1, -0.05) is 17.7 Å². The fraction of sp³-hybridized carbons (Fsp3) is 0.455. The minimum absolute atomic E-state index is 0.151. The van der Waals surface area contributed by atoms with Crippen molar-refractivity contribution in [1.29, 1.82) is 0 Å². The van der Waals surface area contributed by atoms with Crippen molar-refractivity contribution in [2.24, 2.45) is 11.8 Å². The van der Waals surface area contributed by atoms with E-state index in [2.05, 4.69) is 10.3 Å². The van der Waals surface area contributed by atoms with E-state index < -0.39 is 0 Å². The number of nitrogens with zero attached hydrogens (tertiary/aromatic N) is 1. The number of pyridine rings is 1. The topological polar surface area (TPSA) is 42.0 Å². The maximum absolute atomic E-state index is 11.5. The Labute approximate surface area is 92.8 Å². The molecule has 2 fully saturated rings. The highest BCUT2D eigenvalue weighted by Gasteiger charge is 2.52. The van der Waals surface area contributed by atoms with Crippen LogP contribution in [0.5, 0.6) is 0 Å². The Morgan fingerprint density at radius 3 is 3.00 bits per heavy atom. The van der Waals surface area contributed by atoms with Crippen LogP contribution in [-0.2, 0) is 11.2 Å². The van der Waals surface area contributed by atoms with E-state index in [0.29, 0.717) is 17.1 Å². The summed E-state index contributed by atoms with van der Waals surface area (Å²) >= 11 is 5.70. The molecule has 1 saturated carbocycles. The predicted molar refractivity (Wildman–Crippen MR) is 56.5 cm³/mol. The Bertz CT molecular complexity index is 404. The number of nitrogens with one attached hydrogen (secondary N) is 1. The molecule has 0 spiro atoms. The Morgan fingerprint density at radius 1 is 1.53 bits per heavy atom. The number of halogens is 1. The fourth-order valence-corrected chi connectivity index (χ4v) is 2.45. The van der Waals surface area contributed by atoms with Gasteiger partial charge in [0.15, 0.2) is 0 Å². The minimum atomic E-state index is 0.151. The van der Waals surface area contributed by atoms with Gasteiger partial charge in [-0.05, 0) is 30.4 Å². The summed E-state index contributed by atoms with van der Waals surface area (Å²) in [5.41, 5.74) is 1.09. The summed E-state index contributed by atoms with van der Waals surface area (Å²) in [5, 5.41) is 3.49. The zero-order valence-corrected chi connectivity index (χ0v) is 8.87. The van der Waals surface area contributed by atoms with Crippen LogP contribution in [0.3, 0.4) is 0 Å². The van der Waals surface area contributed by atoms with Gasteiger partial charge in [-0.3, -0.25) is 4.79 Å². The fourth-order valence-electron chi connectivity index (χ4n) is 2.33. The van der Waals surface area contributed by atoms with Crippen molar-refractivity contribution in [3.05, 3.63) is 29.0 Å². The highest BCUT2D eigenvalue weighted by atomic mass is 35.5. The van der Waals surface area contributed by atoms with Crippen LogP contribution in [0.1, 0.15) is 12.0 Å². The molecule has 1 aromatic rings. The van der Waals surface area contributed by atoms with Crippen LogP contribution in [0.15, 0.2) is 18.3 Å². The number of carbonyl (C=O) groups excluding carboxylic acids is 1. The second-order valence-corrected chi connectivity index (χ2v) is 4.70. The molecular formula is C11H11ClN2O. The molecule has 2 heterocycles. The third-order valence-corrected chi connectivity index (χ3v) is 3.49. The molecule has 0 unspecified atom stereocenters. The molecule has 1 saturated heterocycles. The normalized spacial score (nSPS) is 32.3. The van der Waals surface area contributed by atoms with E-state index in [9.17, 15) is 4.79 Å². The van der Waals surface area contributed by atoms with Crippen molar-refractivity contribution < 1.29 is 4.79 Å². The molecule has 1 amide bonds. The van der Waals surface area contributed by atoms with Gasteiger partial charge in [-0.15, -0.1) is 0 Å². The van der Waals surface area contributed by atoms with Crippen molar-refractivity contribution in [1.82, 2.24) is 10.3 Å². The number of rotatable bonds is 2. The zero-order chi connectivity index (χ0) is 10.4. The van der Waals surface area contributed by atoms with Gasteiger partial charge >= 0.3 is 0 Å². The molecule has 3 nitrogen and oxygen atoms in total. The third kappa shape index (κ3) is 1.61. The van der Waals surface area contributed by atoms with E-state index >= 15 is 0 Å². The van der Waals surface area contributed by atoms with Crippen molar-refractivity contribution in [2.45, 2.75) is 18.9 Å². The van der Waals surface area contributed by atoms with Crippen LogP contribution < -0.4 is 5.32 Å². The lowest BCUT2D eigenvalue weighted by atomic mass is 9.96. The lowest BCUT2D eigenvalue weighted by Crippen LogP contribution is -2.25. The SMILES string of the molecule is O=C1N[C@H]2C[C@H]2[C@H]1Cc1ccc(Cl)nc1. The number of hydrogen-bond acceptors (Lipinski definition) is 2. The van der Waals surface area contributed by atoms with Gasteiger partial charge in [0, 0.05) is 18.2 Å². The van der Waals surface area contributed by atoms with Gasteiger partial charge < -0.3 is 5.32 Å². The standard InChI is InChI=1S/C11H11ClN2O/c12-10-2-1-6(5-13-10)3-8-7-4-9(7)14-11(8)15/h1-2,5,7-9H,3-4H2,(H,14,15)/t7-,8+,9-/m0/s1. The van der Waals surface area contributed by atoms with Crippen LogP contribution in [0.4, 0.5) is 0 Å². The Balaban J connectivity index is 1.74. The van der Waals surface area contributed by atoms with Crippen LogP contribution in [0.2, 0.25) is 5.15 Å². The Morgan fingerprint density at radius 2 is 2.40 bits per heavy atom. The van der Waals surface area contributed by atoms with Gasteiger partial charge in [0.2, 0.25) is 5.91 Å². The first-order chi connectivity index (χ1) is 7.24. The molecule has 3 rings (SSSR count). The zero-order valence-electron chi connectivity index (χ0n) is 8.11. The van der Waals surface area contributed by atoms with E-state index in [0.717, 1.165) is 18.4 Å². The maximum atomic E-state index is 11.5. The molecule has 1 aliphatic heterocycles. The number of aromatic nitrogens is 1. The van der Waals surface area contributed by atoms with Gasteiger partial charge in [-0.25, -0.2) is 4.98 Å². The van der Waals surface area contributed by atoms with E-state index in [1.165, 1.54) is 0 Å². The highest BCUT2D eigenvalue weighted by molar-refractivity contribution is 6.29. The molecule has 1 N–H and O–H groups in total. The van der Waals surface area contributed by atoms with Crippen LogP contribution in [0.25, 0.3) is 0 Å². The quantitative estimate of drug-likeness (QED) is 0.769. The number of amides is 1. The number of piperidine rings is 1. The second-order valence-electron chi connectivity index (χ2n) is 4.31. The lowest BCUT2D eigenvalue weighted by Gasteiger charge is -2.09. The smallest absolute Gasteiger partial charge is 0.224 e. The molecular weight excluding hydrogens is 212 g/mol. The molecule has 0 bridgehead atoms. The largest absolute Gasteiger partial charge is 0.353 e. The van der Waals surface area contributed by atoms with Crippen molar-refractivity contribution in [2.75, 3.05) is 0 Å². The summed E-state index contributed by atoms with van der Waals surface area (Å²) in [5.74, 6) is 0.914. The summed E-state index contributed by atoms with van der Waals surface area (Å²) in [4.78, 5) is 15.5. The first-order valence-corrected chi connectivity index (χ1v) is 5.52. The molecule has 78 valence electrons. The van der Waals surface area contributed by atoms with E-state index in [-0.39, 0.29) is 11.8 Å². The van der Waals surface area contributed by atoms with E-state index in [1.54, 1.807) is 12.3 Å². The number of hydrogen-bond donors (Lipinski definition) is 1. The van der Waals surface area contributed by atoms with Gasteiger partial charge in [-0.2, -0.15) is 0 Å². The van der Waals surface area contributed by atoms with Crippen molar-refractivity contribution in [3.8, 4) is 0 Å². The molecule has 1 aliphatic carbocycles. The highest BCUT2D eigenvalue weighted by Crippen LogP contribution is 2.44. The van der Waals surface area contributed by atoms with Gasteiger partial charge in [0.1, 0.15) is 5.15 Å². The minimum Gasteiger partial charge on any atom is -0.353 e. The molecule has 15 heavy (non-hydrogen) atoms. The average molecular weight is 223 g/mol. The average Bonchev–Trinajstić information content (AvgIpc) is 2.90. The summed E-state index contributed by atoms with van der Waals surface area (Å²) in [7, 11) is 0. The van der Waals surface area contributed by atoms with Crippen LogP contribution >= 0.6 is 11.6 Å². The Hall–Kier alpha value is -1.09.